The van der Waals surface area contributed by atoms with E-state index in [-0.39, 0.29) is 0 Å². The summed E-state index contributed by atoms with van der Waals surface area (Å²) in [6.07, 6.45) is 10.3. The summed E-state index contributed by atoms with van der Waals surface area (Å²) in [6.45, 7) is 2.56. The molecule has 4 nitrogen and oxygen atoms in total. The predicted octanol–water partition coefficient (Wildman–Crippen LogP) is 0.676. The number of nitrogens with two attached hydrogens (primary N) is 2. The Morgan fingerprint density at radius 1 is 1.50 bits per heavy atom. The van der Waals surface area contributed by atoms with Gasteiger partial charge in [-0.05, 0) is 30.3 Å². The van der Waals surface area contributed by atoms with E-state index in [0.717, 1.165) is 11.1 Å². The van der Waals surface area contributed by atoms with E-state index in [2.05, 4.69) is 48.3 Å². The van der Waals surface area contributed by atoms with E-state index in [1.165, 1.54) is 5.70 Å². The van der Waals surface area contributed by atoms with Crippen LogP contribution in [0.5, 0.6) is 0 Å². The Kier molecular flexibility index (Phi) is 2.75. The summed E-state index contributed by atoms with van der Waals surface area (Å²) in [6, 6.07) is 0. The number of likely N-dealkylation sites (N-methyl/N-ethyl adjacent to an activating group) is 1. The Balaban J connectivity index is 2.29. The van der Waals surface area contributed by atoms with Crippen molar-refractivity contribution in [1.29, 1.82) is 0 Å². The van der Waals surface area contributed by atoms with Crippen molar-refractivity contribution in [2.45, 2.75) is 13.1 Å². The van der Waals surface area contributed by atoms with Crippen molar-refractivity contribution in [2.24, 2.45) is 11.5 Å². The Bertz CT molecular complexity index is 403. The van der Waals surface area contributed by atoms with Crippen molar-refractivity contribution in [3.8, 4) is 0 Å². The van der Waals surface area contributed by atoms with Gasteiger partial charge in [0.15, 0.2) is 0 Å². The molecular weight excluding hydrogens is 200 g/mol. The van der Waals surface area contributed by atoms with E-state index < -0.39 is 0 Å². The highest BCUT2D eigenvalue weighted by Gasteiger charge is 2.26. The zero-order valence-electron chi connectivity index (χ0n) is 9.72. The van der Waals surface area contributed by atoms with Crippen molar-refractivity contribution in [1.82, 2.24) is 9.80 Å². The third kappa shape index (κ3) is 1.61. The molecule has 1 atom stereocenters. The summed E-state index contributed by atoms with van der Waals surface area (Å²) in [5, 5.41) is 0. The molecule has 86 valence electrons. The van der Waals surface area contributed by atoms with Gasteiger partial charge in [0.1, 0.15) is 6.17 Å². The van der Waals surface area contributed by atoms with E-state index in [1.54, 1.807) is 6.20 Å². The third-order valence-corrected chi connectivity index (χ3v) is 3.02. The van der Waals surface area contributed by atoms with Gasteiger partial charge < -0.3 is 21.3 Å². The summed E-state index contributed by atoms with van der Waals surface area (Å²) in [5.74, 6) is 0. The van der Waals surface area contributed by atoms with Crippen LogP contribution in [0.3, 0.4) is 0 Å². The maximum atomic E-state index is 5.65. The van der Waals surface area contributed by atoms with Gasteiger partial charge in [-0.25, -0.2) is 0 Å². The van der Waals surface area contributed by atoms with E-state index in [9.17, 15) is 0 Å². The van der Waals surface area contributed by atoms with Crippen molar-refractivity contribution in [3.63, 3.8) is 0 Å². The lowest BCUT2D eigenvalue weighted by molar-refractivity contribution is 0.266. The van der Waals surface area contributed by atoms with Crippen LogP contribution in [0, 0.1) is 0 Å². The second kappa shape index (κ2) is 4.06. The second-order valence-corrected chi connectivity index (χ2v) is 4.10. The molecule has 0 fully saturated rings. The minimum absolute atomic E-state index is 0.292. The maximum Gasteiger partial charge on any atom is 0.124 e. The number of hydrogen-bond acceptors (Lipinski definition) is 4. The molecule has 1 unspecified atom stereocenters. The number of fused-ring (bicyclic) bond motifs is 1. The molecule has 2 aliphatic heterocycles. The third-order valence-electron chi connectivity index (χ3n) is 3.02. The standard InChI is InChI=1S/C12H18N4/c1-9-7-15(2)12-4-3-10(8-16(9)12)11(5-13)6-14/h3-5,7-8,12H,6,13-14H2,1-2H3/b11-5+. The molecule has 0 aromatic heterocycles. The van der Waals surface area contributed by atoms with Crippen LogP contribution in [-0.2, 0) is 0 Å². The molecule has 0 saturated heterocycles. The average molecular weight is 218 g/mol. The zero-order valence-corrected chi connectivity index (χ0v) is 9.72. The van der Waals surface area contributed by atoms with Crippen LogP contribution in [0.1, 0.15) is 6.92 Å². The molecule has 0 aromatic rings. The normalized spacial score (nSPS) is 24.4. The van der Waals surface area contributed by atoms with Gasteiger partial charge in [0.2, 0.25) is 0 Å². The number of nitrogens with zero attached hydrogens (tertiary/aromatic N) is 2. The molecule has 0 aromatic carbocycles. The van der Waals surface area contributed by atoms with Gasteiger partial charge in [-0.2, -0.15) is 0 Å². The van der Waals surface area contributed by atoms with Crippen molar-refractivity contribution in [2.75, 3.05) is 13.6 Å². The quantitative estimate of drug-likeness (QED) is 0.715. The van der Waals surface area contributed by atoms with E-state index >= 15 is 0 Å². The summed E-state index contributed by atoms with van der Waals surface area (Å²) >= 11 is 0. The van der Waals surface area contributed by atoms with Crippen LogP contribution in [0.2, 0.25) is 0 Å². The lowest BCUT2D eigenvalue weighted by Crippen LogP contribution is -2.34. The van der Waals surface area contributed by atoms with Gasteiger partial charge in [0.05, 0.1) is 0 Å². The second-order valence-electron chi connectivity index (χ2n) is 4.10. The van der Waals surface area contributed by atoms with Crippen LogP contribution < -0.4 is 11.5 Å². The van der Waals surface area contributed by atoms with Crippen LogP contribution in [0.15, 0.2) is 47.6 Å². The van der Waals surface area contributed by atoms with E-state index in [1.807, 2.05) is 0 Å². The van der Waals surface area contributed by atoms with Gasteiger partial charge in [-0.15, -0.1) is 0 Å². The Hall–Kier alpha value is -1.68. The topological polar surface area (TPSA) is 58.5 Å². The van der Waals surface area contributed by atoms with Crippen LogP contribution in [-0.4, -0.2) is 29.6 Å². The molecule has 2 rings (SSSR count). The maximum absolute atomic E-state index is 5.65. The zero-order chi connectivity index (χ0) is 11.7. The summed E-state index contributed by atoms with van der Waals surface area (Å²) in [7, 11) is 2.07. The van der Waals surface area contributed by atoms with Gasteiger partial charge >= 0.3 is 0 Å². The Morgan fingerprint density at radius 3 is 2.88 bits per heavy atom. The first-order valence-electron chi connectivity index (χ1n) is 5.37. The van der Waals surface area contributed by atoms with Crippen molar-refractivity contribution < 1.29 is 0 Å². The summed E-state index contributed by atoms with van der Waals surface area (Å²) in [4.78, 5) is 4.39. The fraction of sp³-hybridized carbons (Fsp3) is 0.333. The fourth-order valence-corrected chi connectivity index (χ4v) is 2.10. The highest BCUT2D eigenvalue weighted by molar-refractivity contribution is 5.44. The van der Waals surface area contributed by atoms with Gasteiger partial charge in [-0.3, -0.25) is 0 Å². The minimum atomic E-state index is 0.292. The fourth-order valence-electron chi connectivity index (χ4n) is 2.10. The first kappa shape index (κ1) is 10.8. The summed E-state index contributed by atoms with van der Waals surface area (Å²) in [5.41, 5.74) is 14.5. The van der Waals surface area contributed by atoms with Crippen LogP contribution in [0.4, 0.5) is 0 Å². The Labute approximate surface area is 96.2 Å². The van der Waals surface area contributed by atoms with E-state index in [0.29, 0.717) is 12.7 Å². The van der Waals surface area contributed by atoms with Crippen molar-refractivity contribution in [3.05, 3.63) is 47.6 Å². The molecule has 0 saturated carbocycles. The lowest BCUT2D eigenvalue weighted by Gasteiger charge is -2.30. The predicted molar refractivity (Wildman–Crippen MR) is 65.7 cm³/mol. The average Bonchev–Trinajstić information content (AvgIpc) is 2.57. The molecular formula is C12H18N4. The van der Waals surface area contributed by atoms with Crippen molar-refractivity contribution >= 4 is 0 Å². The molecule has 16 heavy (non-hydrogen) atoms. The van der Waals surface area contributed by atoms with Gasteiger partial charge in [0, 0.05) is 31.7 Å². The summed E-state index contributed by atoms with van der Waals surface area (Å²) < 4.78 is 0. The van der Waals surface area contributed by atoms with Crippen LogP contribution in [0.25, 0.3) is 0 Å². The molecule has 0 amide bonds. The lowest BCUT2D eigenvalue weighted by atomic mass is 10.0. The molecule has 4 N–H and O–H groups in total. The highest BCUT2D eigenvalue weighted by atomic mass is 15.4. The molecule has 0 aliphatic carbocycles. The smallest absolute Gasteiger partial charge is 0.124 e. The van der Waals surface area contributed by atoms with Gasteiger partial charge in [0.25, 0.3) is 0 Å². The monoisotopic (exact) mass is 218 g/mol. The Morgan fingerprint density at radius 2 is 2.25 bits per heavy atom. The number of rotatable bonds is 2. The largest absolute Gasteiger partial charge is 0.404 e. The first-order valence-corrected chi connectivity index (χ1v) is 5.37. The van der Waals surface area contributed by atoms with Crippen LogP contribution >= 0.6 is 0 Å². The van der Waals surface area contributed by atoms with E-state index in [4.69, 9.17) is 11.5 Å². The SMILES string of the molecule is CC1=CN(C)C2C=CC(/C(=C/N)CN)=CN12. The highest BCUT2D eigenvalue weighted by Crippen LogP contribution is 2.28. The molecule has 2 heterocycles. The minimum Gasteiger partial charge on any atom is -0.404 e. The first-order chi connectivity index (χ1) is 7.67. The molecule has 0 bridgehead atoms. The molecule has 4 heteroatoms. The van der Waals surface area contributed by atoms with Gasteiger partial charge in [-0.1, -0.05) is 6.08 Å². The number of hydrogen-bond donors (Lipinski definition) is 2. The molecule has 2 aliphatic rings. The molecule has 0 spiro atoms. The molecule has 0 radical (unpaired) electrons. The number of allylic oxidation sites excluding steroid dienone is 2.